The molecule has 1 atom stereocenters. The highest BCUT2D eigenvalue weighted by molar-refractivity contribution is 6.22. The van der Waals surface area contributed by atoms with E-state index in [1.807, 2.05) is 6.92 Å². The Morgan fingerprint density at radius 2 is 1.94 bits per heavy atom. The van der Waals surface area contributed by atoms with Crippen molar-refractivity contribution >= 4 is 23.7 Å². The van der Waals surface area contributed by atoms with Crippen molar-refractivity contribution < 1.29 is 23.9 Å². The molecule has 7 nitrogen and oxygen atoms in total. The molecule has 1 aliphatic carbocycles. The lowest BCUT2D eigenvalue weighted by atomic mass is 9.97. The number of unbranched alkanes of at least 4 members (excludes halogenated alkanes) is 1. The van der Waals surface area contributed by atoms with Crippen LogP contribution in [0.25, 0.3) is 0 Å². The molecule has 0 unspecified atom stereocenters. The topological polar surface area (TPSA) is 92.8 Å². The summed E-state index contributed by atoms with van der Waals surface area (Å²) in [7, 11) is 0. The number of carbonyl (C=O) groups excluding carboxylic acids is 4. The second-order valence-electron chi connectivity index (χ2n) is 8.07. The van der Waals surface area contributed by atoms with Crippen LogP contribution in [0.4, 0.5) is 0 Å². The zero-order valence-corrected chi connectivity index (χ0v) is 18.2. The molecule has 0 fully saturated rings. The molecular weight excluding hydrogens is 396 g/mol. The standard InChI is InChI=1S/C24H30N2O5/c1-3-4-14-26-22(28)19-11-10-18(15-20(19)23(26)29)24(30)31-16(2)21(27)25-13-12-17-8-6-5-7-9-17/h8,10-11,15-16H,3-7,9,12-14H2,1-2H3,(H,25,27)/t16-/m0/s1. The second kappa shape index (κ2) is 10.4. The Bertz CT molecular complexity index is 905. The van der Waals surface area contributed by atoms with Crippen molar-refractivity contribution in [3.63, 3.8) is 0 Å². The number of rotatable bonds is 9. The molecule has 1 heterocycles. The lowest BCUT2D eigenvalue weighted by Gasteiger charge is -2.15. The summed E-state index contributed by atoms with van der Waals surface area (Å²) in [6.45, 7) is 4.37. The summed E-state index contributed by atoms with van der Waals surface area (Å²) in [5, 5.41) is 2.80. The van der Waals surface area contributed by atoms with Crippen molar-refractivity contribution in [3.05, 3.63) is 46.5 Å². The zero-order valence-electron chi connectivity index (χ0n) is 18.2. The van der Waals surface area contributed by atoms with E-state index in [9.17, 15) is 19.2 Å². The van der Waals surface area contributed by atoms with Crippen LogP contribution in [0.15, 0.2) is 29.8 Å². The lowest BCUT2D eigenvalue weighted by molar-refractivity contribution is -0.129. The minimum absolute atomic E-state index is 0.143. The summed E-state index contributed by atoms with van der Waals surface area (Å²) in [6, 6.07) is 4.31. The number of imide groups is 1. The molecule has 31 heavy (non-hydrogen) atoms. The van der Waals surface area contributed by atoms with Gasteiger partial charge in [0.15, 0.2) is 6.10 Å². The SMILES string of the molecule is CCCCN1C(=O)c2ccc(C(=O)O[C@@H](C)C(=O)NCCC3=CCCCC3)cc2C1=O. The molecule has 0 aromatic heterocycles. The maximum absolute atomic E-state index is 12.6. The third-order valence-corrected chi connectivity index (χ3v) is 5.73. The van der Waals surface area contributed by atoms with Gasteiger partial charge in [-0.15, -0.1) is 0 Å². The van der Waals surface area contributed by atoms with E-state index >= 15 is 0 Å². The van der Waals surface area contributed by atoms with Crippen molar-refractivity contribution in [2.24, 2.45) is 0 Å². The van der Waals surface area contributed by atoms with Crippen LogP contribution in [0.1, 0.15) is 89.9 Å². The predicted octanol–water partition coefficient (Wildman–Crippen LogP) is 3.63. The first-order valence-electron chi connectivity index (χ1n) is 11.1. The molecule has 1 aliphatic heterocycles. The van der Waals surface area contributed by atoms with E-state index in [1.165, 1.54) is 48.4 Å². The smallest absolute Gasteiger partial charge is 0.338 e. The molecule has 0 bridgehead atoms. The van der Waals surface area contributed by atoms with Crippen molar-refractivity contribution in [1.29, 1.82) is 0 Å². The first-order chi connectivity index (χ1) is 14.9. The largest absolute Gasteiger partial charge is 0.449 e. The van der Waals surface area contributed by atoms with Gasteiger partial charge < -0.3 is 10.1 Å². The molecule has 166 valence electrons. The number of nitrogens with one attached hydrogen (secondary N) is 1. The van der Waals surface area contributed by atoms with Crippen LogP contribution < -0.4 is 5.32 Å². The number of fused-ring (bicyclic) bond motifs is 1. The predicted molar refractivity (Wildman–Crippen MR) is 116 cm³/mol. The third kappa shape index (κ3) is 5.40. The molecule has 1 aromatic carbocycles. The Morgan fingerprint density at radius 1 is 1.16 bits per heavy atom. The number of hydrogen-bond acceptors (Lipinski definition) is 5. The lowest BCUT2D eigenvalue weighted by Crippen LogP contribution is -2.36. The van der Waals surface area contributed by atoms with Gasteiger partial charge in [0.1, 0.15) is 0 Å². The monoisotopic (exact) mass is 426 g/mol. The van der Waals surface area contributed by atoms with Gasteiger partial charge >= 0.3 is 5.97 Å². The van der Waals surface area contributed by atoms with E-state index in [4.69, 9.17) is 4.74 Å². The van der Waals surface area contributed by atoms with E-state index in [-0.39, 0.29) is 22.9 Å². The highest BCUT2D eigenvalue weighted by Crippen LogP contribution is 2.25. The molecule has 0 spiro atoms. The van der Waals surface area contributed by atoms with Gasteiger partial charge in [-0.25, -0.2) is 4.79 Å². The average Bonchev–Trinajstić information content (AvgIpc) is 3.02. The van der Waals surface area contributed by atoms with Crippen molar-refractivity contribution in [2.75, 3.05) is 13.1 Å². The van der Waals surface area contributed by atoms with Gasteiger partial charge in [-0.2, -0.15) is 0 Å². The highest BCUT2D eigenvalue weighted by atomic mass is 16.5. The van der Waals surface area contributed by atoms with Crippen molar-refractivity contribution in [2.45, 2.75) is 64.9 Å². The van der Waals surface area contributed by atoms with Gasteiger partial charge in [0.05, 0.1) is 16.7 Å². The van der Waals surface area contributed by atoms with Crippen LogP contribution in [-0.2, 0) is 9.53 Å². The van der Waals surface area contributed by atoms with Crippen LogP contribution in [0, 0.1) is 0 Å². The van der Waals surface area contributed by atoms with E-state index in [0.717, 1.165) is 32.1 Å². The number of allylic oxidation sites excluding steroid dienone is 1. The minimum atomic E-state index is -0.959. The fourth-order valence-electron chi connectivity index (χ4n) is 3.84. The van der Waals surface area contributed by atoms with Crippen LogP contribution in [-0.4, -0.2) is 47.8 Å². The molecule has 0 saturated carbocycles. The van der Waals surface area contributed by atoms with E-state index in [2.05, 4.69) is 11.4 Å². The number of ether oxygens (including phenoxy) is 1. The average molecular weight is 427 g/mol. The molecule has 3 amide bonds. The van der Waals surface area contributed by atoms with Crippen molar-refractivity contribution in [3.8, 4) is 0 Å². The Kier molecular flexibility index (Phi) is 7.60. The fourth-order valence-corrected chi connectivity index (χ4v) is 3.84. The molecular formula is C24H30N2O5. The Labute approximate surface area is 182 Å². The summed E-state index contributed by atoms with van der Waals surface area (Å²) < 4.78 is 5.28. The summed E-state index contributed by atoms with van der Waals surface area (Å²) in [4.78, 5) is 50.9. The Morgan fingerprint density at radius 3 is 2.65 bits per heavy atom. The molecule has 0 saturated heterocycles. The Hall–Kier alpha value is -2.96. The normalized spacial score (nSPS) is 16.6. The van der Waals surface area contributed by atoms with Crippen LogP contribution in [0.5, 0.6) is 0 Å². The third-order valence-electron chi connectivity index (χ3n) is 5.73. The first-order valence-corrected chi connectivity index (χ1v) is 11.1. The summed E-state index contributed by atoms with van der Waals surface area (Å²) in [5.74, 6) is -1.80. The van der Waals surface area contributed by atoms with Crippen LogP contribution in [0.3, 0.4) is 0 Å². The number of carbonyl (C=O) groups is 4. The molecule has 2 aliphatic rings. The zero-order chi connectivity index (χ0) is 22.4. The molecule has 1 aromatic rings. The van der Waals surface area contributed by atoms with Crippen LogP contribution in [0.2, 0.25) is 0 Å². The molecule has 7 heteroatoms. The van der Waals surface area contributed by atoms with E-state index in [1.54, 1.807) is 0 Å². The van der Waals surface area contributed by atoms with E-state index < -0.39 is 18.0 Å². The summed E-state index contributed by atoms with van der Waals surface area (Å²) >= 11 is 0. The maximum Gasteiger partial charge on any atom is 0.338 e. The Balaban J connectivity index is 1.55. The minimum Gasteiger partial charge on any atom is -0.449 e. The van der Waals surface area contributed by atoms with Crippen LogP contribution >= 0.6 is 0 Å². The van der Waals surface area contributed by atoms with Gasteiger partial charge in [-0.05, 0) is 63.6 Å². The summed E-state index contributed by atoms with van der Waals surface area (Å²) in [6.07, 6.45) is 8.27. The quantitative estimate of drug-likeness (QED) is 0.370. The molecule has 3 rings (SSSR count). The van der Waals surface area contributed by atoms with Gasteiger partial charge in [-0.1, -0.05) is 25.0 Å². The number of hydrogen-bond donors (Lipinski definition) is 1. The first kappa shape index (κ1) is 22.7. The van der Waals surface area contributed by atoms with E-state index in [0.29, 0.717) is 18.7 Å². The van der Waals surface area contributed by atoms with Gasteiger partial charge in [-0.3, -0.25) is 19.3 Å². The number of amides is 3. The number of esters is 1. The fraction of sp³-hybridized carbons (Fsp3) is 0.500. The number of nitrogens with zero attached hydrogens (tertiary/aromatic N) is 1. The molecule has 1 N–H and O–H groups in total. The van der Waals surface area contributed by atoms with Gasteiger partial charge in [0, 0.05) is 13.1 Å². The second-order valence-corrected chi connectivity index (χ2v) is 8.07. The molecule has 0 radical (unpaired) electrons. The van der Waals surface area contributed by atoms with Gasteiger partial charge in [0.2, 0.25) is 0 Å². The van der Waals surface area contributed by atoms with Gasteiger partial charge in [0.25, 0.3) is 17.7 Å². The highest BCUT2D eigenvalue weighted by Gasteiger charge is 2.35. The summed E-state index contributed by atoms with van der Waals surface area (Å²) in [5.41, 5.74) is 2.00. The maximum atomic E-state index is 12.6. The van der Waals surface area contributed by atoms with Crippen molar-refractivity contribution in [1.82, 2.24) is 10.2 Å². The number of benzene rings is 1.